The normalized spacial score (nSPS) is 21.7. The number of methoxy groups -OCH3 is 1. The molecule has 104 heavy (non-hydrogen) atoms. The summed E-state index contributed by atoms with van der Waals surface area (Å²) in [6, 6.07) is 46.9. The Balaban J connectivity index is 0.745. The van der Waals surface area contributed by atoms with Crippen LogP contribution in [0, 0.1) is 46.3 Å². The molecule has 3 saturated carbocycles. The molecule has 0 heterocycles. The smallest absolute Gasteiger partial charge is 0.497 e. The molecular formula is C88H112ClN5O10. The van der Waals surface area contributed by atoms with Crippen molar-refractivity contribution in [2.75, 3.05) is 32.1 Å². The van der Waals surface area contributed by atoms with Crippen LogP contribution in [0.25, 0.3) is 0 Å². The van der Waals surface area contributed by atoms with Gasteiger partial charge in [-0.05, 0) is 225 Å². The Bertz CT molecular complexity index is 3770. The molecule has 10 rings (SSSR count). The van der Waals surface area contributed by atoms with Crippen LogP contribution in [-0.2, 0) is 52.0 Å². The van der Waals surface area contributed by atoms with Gasteiger partial charge in [-0.3, -0.25) is 29.3 Å². The zero-order valence-electron chi connectivity index (χ0n) is 62.6. The molecular weight excluding hydrogens is 1320 g/mol. The van der Waals surface area contributed by atoms with Crippen molar-refractivity contribution < 1.29 is 47.7 Å². The minimum atomic E-state index is -1.13. The highest BCUT2D eigenvalue weighted by atomic mass is 35.5. The number of Topliss-reactive ketones (excluding diaryl/α,β-unsaturated/α-hetero) is 1. The first kappa shape index (κ1) is 78.5. The third kappa shape index (κ3) is 20.1. The van der Waals surface area contributed by atoms with Crippen molar-refractivity contribution in [3.63, 3.8) is 0 Å². The number of amides is 4. The Morgan fingerprint density at radius 2 is 1.30 bits per heavy atom. The van der Waals surface area contributed by atoms with Gasteiger partial charge in [0.1, 0.15) is 36.0 Å². The van der Waals surface area contributed by atoms with Gasteiger partial charge in [0, 0.05) is 49.0 Å². The molecule has 6 aromatic rings. The molecule has 556 valence electrons. The predicted molar refractivity (Wildman–Crippen MR) is 412 cm³/mol. The van der Waals surface area contributed by atoms with E-state index in [4.69, 9.17) is 30.5 Å². The Morgan fingerprint density at radius 3 is 1.96 bits per heavy atom. The average Bonchev–Trinajstić information content (AvgIpc) is 1.43. The summed E-state index contributed by atoms with van der Waals surface area (Å²) in [5.74, 6) is 3.81. The summed E-state index contributed by atoms with van der Waals surface area (Å²) in [6.45, 7) is 17.4. The minimum Gasteiger partial charge on any atom is -0.497 e. The number of benzene rings is 6. The summed E-state index contributed by atoms with van der Waals surface area (Å²) in [6.07, 6.45) is 18.3. The molecule has 6 aromatic carbocycles. The molecule has 0 aliphatic heterocycles. The fourth-order valence-electron chi connectivity index (χ4n) is 18.0. The van der Waals surface area contributed by atoms with Crippen LogP contribution in [0.1, 0.15) is 203 Å². The van der Waals surface area contributed by atoms with Crippen molar-refractivity contribution in [2.45, 2.75) is 207 Å². The summed E-state index contributed by atoms with van der Waals surface area (Å²) >= 11 is 6.31. The second kappa shape index (κ2) is 37.2. The van der Waals surface area contributed by atoms with Crippen LogP contribution in [0.2, 0.25) is 5.02 Å². The number of hydrogen-bond donors (Lipinski definition) is 5. The van der Waals surface area contributed by atoms with E-state index in [1.807, 2.05) is 55.5 Å². The SMILES string of the molecule is CCC(C(C)=O)c1ccc(OC(=O)OCc2ccc(NC(=O)C(CCCCNC(c3ccccc3)(c3ccccc3)c3ccc(OC)cc3)NC(=O)C(Cc3ccc(Cl)cc3)NC(=O)CCC(=O)NCCCOC3CCC4(C)C(=CCC5C4CCC4(C)C(C(C)CCCC(C)C)CCC54)C3)cc2)cc1. The highest BCUT2D eigenvalue weighted by molar-refractivity contribution is 6.30. The van der Waals surface area contributed by atoms with Gasteiger partial charge < -0.3 is 40.2 Å². The quantitative estimate of drug-likeness (QED) is 0.00824. The first-order valence-corrected chi connectivity index (χ1v) is 38.8. The zero-order valence-corrected chi connectivity index (χ0v) is 63.3. The third-order valence-electron chi connectivity index (χ3n) is 23.7. The summed E-state index contributed by atoms with van der Waals surface area (Å²) < 4.78 is 23.0. The van der Waals surface area contributed by atoms with Crippen molar-refractivity contribution in [3.05, 3.63) is 208 Å². The fraction of sp³-hybridized carbons (Fsp3) is 0.500. The molecule has 4 aliphatic carbocycles. The number of halogens is 1. The Morgan fingerprint density at radius 1 is 0.635 bits per heavy atom. The maximum absolute atomic E-state index is 14.8. The van der Waals surface area contributed by atoms with Crippen molar-refractivity contribution in [3.8, 4) is 11.5 Å². The number of hydrogen-bond acceptors (Lipinski definition) is 11. The first-order valence-electron chi connectivity index (χ1n) is 38.5. The first-order chi connectivity index (χ1) is 50.2. The monoisotopic (exact) mass is 1430 g/mol. The minimum absolute atomic E-state index is 0.0597. The number of nitrogens with one attached hydrogen (secondary N) is 5. The molecule has 11 atom stereocenters. The van der Waals surface area contributed by atoms with Crippen LogP contribution in [0.15, 0.2) is 169 Å². The summed E-state index contributed by atoms with van der Waals surface area (Å²) in [7, 11) is 1.65. The van der Waals surface area contributed by atoms with E-state index in [-0.39, 0.29) is 67.2 Å². The Labute approximate surface area is 622 Å². The summed E-state index contributed by atoms with van der Waals surface area (Å²) in [5.41, 5.74) is 7.23. The van der Waals surface area contributed by atoms with Gasteiger partial charge in [0.2, 0.25) is 23.6 Å². The molecule has 11 unspecified atom stereocenters. The third-order valence-corrected chi connectivity index (χ3v) is 23.9. The number of ether oxygens (including phenoxy) is 4. The topological polar surface area (TPSA) is 199 Å². The largest absolute Gasteiger partial charge is 0.514 e. The summed E-state index contributed by atoms with van der Waals surface area (Å²) in [5, 5.41) is 16.3. The lowest BCUT2D eigenvalue weighted by molar-refractivity contribution is -0.131. The Hall–Kier alpha value is -8.11. The molecule has 0 aromatic heterocycles. The van der Waals surface area contributed by atoms with E-state index < -0.39 is 41.5 Å². The number of anilines is 1. The Kier molecular flexibility index (Phi) is 28.1. The molecule has 3 fully saturated rings. The summed E-state index contributed by atoms with van der Waals surface area (Å²) in [4.78, 5) is 81.6. The van der Waals surface area contributed by atoms with E-state index in [0.717, 1.165) is 88.3 Å². The van der Waals surface area contributed by atoms with Crippen molar-refractivity contribution >= 4 is 52.9 Å². The van der Waals surface area contributed by atoms with Gasteiger partial charge in [-0.2, -0.15) is 0 Å². The van der Waals surface area contributed by atoms with Gasteiger partial charge in [-0.25, -0.2) is 4.79 Å². The number of ketones is 1. The molecule has 5 N–H and O–H groups in total. The molecule has 0 bridgehead atoms. The van der Waals surface area contributed by atoms with Crippen LogP contribution >= 0.6 is 11.6 Å². The highest BCUT2D eigenvalue weighted by Gasteiger charge is 2.59. The maximum Gasteiger partial charge on any atom is 0.514 e. The van der Waals surface area contributed by atoms with Crippen LogP contribution in [-0.4, -0.2) is 80.6 Å². The zero-order chi connectivity index (χ0) is 73.8. The van der Waals surface area contributed by atoms with Crippen molar-refractivity contribution in [1.82, 2.24) is 21.3 Å². The van der Waals surface area contributed by atoms with E-state index in [9.17, 15) is 28.8 Å². The molecule has 0 spiro atoms. The van der Waals surface area contributed by atoms with Gasteiger partial charge in [-0.15, -0.1) is 0 Å². The van der Waals surface area contributed by atoms with Crippen LogP contribution in [0.4, 0.5) is 10.5 Å². The second-order valence-corrected chi connectivity index (χ2v) is 31.3. The molecule has 15 nitrogen and oxygen atoms in total. The van der Waals surface area contributed by atoms with E-state index in [2.05, 4.69) is 104 Å². The standard InChI is InChI=1S/C88H112ClN5O10/c1-9-74(61(5)95)64-31-40-72(41-32-64)104-85(100)103-58-63-29-38-70(39-30-63)92-83(98)79(26-16-17-54-91-88(65-22-12-10-13-23-65,66-24-14-11-15-25-66)67-33-42-71(101-8)43-34-67)94-84(99)80(56-62-27-36-69(89)37-28-62)93-82(97)48-47-81(96)90-53-19-55-102-73-49-51-86(6)68(57-73)35-44-75-77-46-45-76(60(4)21-18-20-59(2)3)87(77,7)52-50-78(75)86/h10-15,22-25,27-43,59-60,73-80,91H,9,16-21,26,44-58H2,1-8H3,(H,90,96)(H,92,98)(H,93,97)(H,94,99). The average molecular weight is 1440 g/mol. The number of carbonyl (C=O) groups excluding carboxylic acids is 6. The molecule has 0 radical (unpaired) electrons. The number of fused-ring (bicyclic) bond motifs is 5. The van der Waals surface area contributed by atoms with Crippen LogP contribution in [0.5, 0.6) is 11.5 Å². The van der Waals surface area contributed by atoms with Gasteiger partial charge in [0.05, 0.1) is 18.8 Å². The van der Waals surface area contributed by atoms with E-state index in [1.165, 1.54) is 51.4 Å². The van der Waals surface area contributed by atoms with E-state index in [0.29, 0.717) is 67.1 Å². The van der Waals surface area contributed by atoms with Gasteiger partial charge in [0.15, 0.2) is 0 Å². The number of carbonyl (C=O) groups is 6. The van der Waals surface area contributed by atoms with Crippen LogP contribution < -0.4 is 36.1 Å². The molecule has 16 heteroatoms. The second-order valence-electron chi connectivity index (χ2n) is 30.8. The highest BCUT2D eigenvalue weighted by Crippen LogP contribution is 2.67. The lowest BCUT2D eigenvalue weighted by Gasteiger charge is -2.58. The van der Waals surface area contributed by atoms with Crippen LogP contribution in [0.3, 0.4) is 0 Å². The van der Waals surface area contributed by atoms with E-state index in [1.54, 1.807) is 92.4 Å². The molecule has 4 aliphatic rings. The molecule has 0 saturated heterocycles. The van der Waals surface area contributed by atoms with E-state index >= 15 is 0 Å². The fourth-order valence-corrected chi connectivity index (χ4v) is 18.1. The lowest BCUT2D eigenvalue weighted by Crippen LogP contribution is -2.53. The van der Waals surface area contributed by atoms with Crippen molar-refractivity contribution in [1.29, 1.82) is 0 Å². The van der Waals surface area contributed by atoms with Crippen molar-refractivity contribution in [2.24, 2.45) is 46.3 Å². The number of allylic oxidation sites excluding steroid dienone is 1. The maximum atomic E-state index is 14.8. The van der Waals surface area contributed by atoms with Gasteiger partial charge >= 0.3 is 6.16 Å². The lowest BCUT2D eigenvalue weighted by atomic mass is 9.47. The molecule has 4 amide bonds. The number of unbranched alkanes of at least 4 members (excludes halogenated alkanes) is 1. The van der Waals surface area contributed by atoms with Gasteiger partial charge in [0.25, 0.3) is 0 Å². The van der Waals surface area contributed by atoms with Gasteiger partial charge in [-0.1, -0.05) is 193 Å². The predicted octanol–water partition coefficient (Wildman–Crippen LogP) is 17.8. The number of rotatable bonds is 36.